The van der Waals surface area contributed by atoms with Gasteiger partial charge in [0.2, 0.25) is 5.88 Å². The lowest BCUT2D eigenvalue weighted by atomic mass is 9.82. The average Bonchev–Trinajstić information content (AvgIpc) is 2.68. The second-order valence-electron chi connectivity index (χ2n) is 6.34. The third-order valence-corrected chi connectivity index (χ3v) is 4.82. The average molecular weight is 413 g/mol. The van der Waals surface area contributed by atoms with Crippen molar-refractivity contribution in [1.29, 1.82) is 0 Å². The molecule has 0 aliphatic carbocycles. The van der Waals surface area contributed by atoms with E-state index in [2.05, 4.69) is 5.32 Å². The fourth-order valence-electron chi connectivity index (χ4n) is 3.22. The maximum absolute atomic E-state index is 13.2. The van der Waals surface area contributed by atoms with Crippen molar-refractivity contribution in [2.24, 2.45) is 5.73 Å². The van der Waals surface area contributed by atoms with Gasteiger partial charge in [-0.15, -0.1) is 0 Å². The van der Waals surface area contributed by atoms with Crippen LogP contribution in [0.2, 0.25) is 5.02 Å². The molecule has 3 rings (SSSR count). The molecule has 1 aliphatic heterocycles. The van der Waals surface area contributed by atoms with Crippen LogP contribution in [0, 0.1) is 0 Å². The summed E-state index contributed by atoms with van der Waals surface area (Å²) in [5.41, 5.74) is 7.49. The number of nitrogens with one attached hydrogen (secondary N) is 1. The Morgan fingerprint density at radius 2 is 1.76 bits per heavy atom. The third-order valence-electron chi connectivity index (χ3n) is 4.47. The Morgan fingerprint density at radius 1 is 1.10 bits per heavy atom. The maximum atomic E-state index is 13.2. The smallest absolute Gasteiger partial charge is 0.340 e. The molecule has 0 fully saturated rings. The predicted molar refractivity (Wildman–Crippen MR) is 111 cm³/mol. The zero-order valence-corrected chi connectivity index (χ0v) is 16.8. The fraction of sp³-hybridized carbons (Fsp3) is 0.182. The number of carbonyl (C=O) groups is 2. The molecule has 0 spiro atoms. The highest BCUT2D eigenvalue weighted by Gasteiger charge is 2.40. The van der Waals surface area contributed by atoms with E-state index in [0.717, 1.165) is 0 Å². The first-order valence-corrected chi connectivity index (χ1v) is 9.48. The van der Waals surface area contributed by atoms with E-state index in [1.807, 2.05) is 18.2 Å². The molecule has 0 radical (unpaired) electrons. The number of rotatable bonds is 5. The van der Waals surface area contributed by atoms with E-state index in [-0.39, 0.29) is 29.4 Å². The summed E-state index contributed by atoms with van der Waals surface area (Å²) in [6, 6.07) is 16.0. The number of halogens is 1. The molecule has 0 saturated heterocycles. The van der Waals surface area contributed by atoms with Crippen molar-refractivity contribution in [3.8, 4) is 0 Å². The number of hydrogen-bond acceptors (Lipinski definition) is 5. The van der Waals surface area contributed by atoms with Crippen molar-refractivity contribution in [2.75, 3.05) is 11.9 Å². The highest BCUT2D eigenvalue weighted by Crippen LogP contribution is 2.42. The van der Waals surface area contributed by atoms with Crippen molar-refractivity contribution in [1.82, 2.24) is 0 Å². The lowest BCUT2D eigenvalue weighted by Crippen LogP contribution is -2.31. The molecule has 2 aromatic rings. The molecule has 2 aromatic carbocycles. The Kier molecular flexibility index (Phi) is 6.24. The van der Waals surface area contributed by atoms with Crippen molar-refractivity contribution >= 4 is 29.2 Å². The third kappa shape index (κ3) is 4.27. The molecule has 0 bridgehead atoms. The summed E-state index contributed by atoms with van der Waals surface area (Å²) in [6.45, 7) is 3.46. The monoisotopic (exact) mass is 412 g/mol. The Hall–Kier alpha value is -3.25. The molecule has 6 nitrogen and oxygen atoms in total. The molecule has 29 heavy (non-hydrogen) atoms. The highest BCUT2D eigenvalue weighted by molar-refractivity contribution is 6.31. The lowest BCUT2D eigenvalue weighted by Gasteiger charge is -2.29. The van der Waals surface area contributed by atoms with Gasteiger partial charge in [0, 0.05) is 10.7 Å². The summed E-state index contributed by atoms with van der Waals surface area (Å²) in [6.07, 6.45) is 0. The van der Waals surface area contributed by atoms with Crippen molar-refractivity contribution < 1.29 is 19.1 Å². The molecular weight excluding hydrogens is 392 g/mol. The molecule has 7 heteroatoms. The molecule has 3 N–H and O–H groups in total. The predicted octanol–water partition coefficient (Wildman–Crippen LogP) is 4.10. The number of anilines is 1. The molecule has 0 unspecified atom stereocenters. The summed E-state index contributed by atoms with van der Waals surface area (Å²) in [5.74, 6) is -1.74. The van der Waals surface area contributed by atoms with E-state index in [4.69, 9.17) is 26.8 Å². The maximum Gasteiger partial charge on any atom is 0.340 e. The summed E-state index contributed by atoms with van der Waals surface area (Å²) >= 11 is 6.42. The van der Waals surface area contributed by atoms with Gasteiger partial charge in [0.05, 0.1) is 18.1 Å². The van der Waals surface area contributed by atoms with E-state index in [9.17, 15) is 9.59 Å². The lowest BCUT2D eigenvalue weighted by molar-refractivity contribution is -0.139. The first kappa shape index (κ1) is 20.5. The van der Waals surface area contributed by atoms with Gasteiger partial charge >= 0.3 is 5.97 Å². The van der Waals surface area contributed by atoms with Crippen LogP contribution in [-0.4, -0.2) is 18.5 Å². The number of amides is 1. The number of allylic oxidation sites excluding steroid dienone is 1. The first-order valence-electron chi connectivity index (χ1n) is 9.10. The highest BCUT2D eigenvalue weighted by atomic mass is 35.5. The largest absolute Gasteiger partial charge is 0.462 e. The van der Waals surface area contributed by atoms with Crippen molar-refractivity contribution in [3.05, 3.63) is 88.0 Å². The molecule has 1 aliphatic rings. The minimum absolute atomic E-state index is 0.0451. The molecule has 1 heterocycles. The Labute approximate surface area is 173 Å². The number of para-hydroxylation sites is 1. The zero-order chi connectivity index (χ0) is 21.0. The fourth-order valence-corrected chi connectivity index (χ4v) is 3.47. The van der Waals surface area contributed by atoms with Crippen molar-refractivity contribution in [2.45, 2.75) is 19.8 Å². The number of benzene rings is 2. The van der Waals surface area contributed by atoms with Gasteiger partial charge < -0.3 is 20.5 Å². The Bertz CT molecular complexity index is 999. The molecule has 0 aromatic heterocycles. The SMILES string of the molecule is CCOC(=O)C1=C(N)OC(C)=C(C(=O)Nc2ccccc2)[C@H]1c1ccccc1Cl. The number of carbonyl (C=O) groups excluding carboxylic acids is 2. The van der Waals surface area contributed by atoms with Crippen LogP contribution in [0.4, 0.5) is 5.69 Å². The number of hydrogen-bond donors (Lipinski definition) is 2. The summed E-state index contributed by atoms with van der Waals surface area (Å²) < 4.78 is 10.7. The normalized spacial score (nSPS) is 16.3. The summed E-state index contributed by atoms with van der Waals surface area (Å²) in [7, 11) is 0. The van der Waals surface area contributed by atoms with Crippen LogP contribution in [0.5, 0.6) is 0 Å². The summed E-state index contributed by atoms with van der Waals surface area (Å²) in [4.78, 5) is 25.9. The number of esters is 1. The molecular formula is C22H21ClN2O4. The van der Waals surface area contributed by atoms with Crippen molar-refractivity contribution in [3.63, 3.8) is 0 Å². The standard InChI is InChI=1S/C22H21ClN2O4/c1-3-28-22(27)19-18(15-11-7-8-12-16(15)23)17(13(2)29-20(19)24)21(26)25-14-9-5-4-6-10-14/h4-12,18H,3,24H2,1-2H3,(H,25,26)/t18-/m1/s1. The van der Waals surface area contributed by atoms with E-state index >= 15 is 0 Å². The molecule has 1 amide bonds. The minimum atomic E-state index is -0.833. The Balaban J connectivity index is 2.11. The molecule has 150 valence electrons. The molecule has 1 atom stereocenters. The van der Waals surface area contributed by atoms with E-state index in [1.54, 1.807) is 50.2 Å². The topological polar surface area (TPSA) is 90.7 Å². The van der Waals surface area contributed by atoms with Gasteiger partial charge in [-0.05, 0) is 37.6 Å². The minimum Gasteiger partial charge on any atom is -0.462 e. The number of nitrogens with two attached hydrogens (primary N) is 1. The van der Waals surface area contributed by atoms with Crippen LogP contribution in [0.15, 0.2) is 77.4 Å². The second-order valence-corrected chi connectivity index (χ2v) is 6.75. The number of ether oxygens (including phenoxy) is 2. The molecule has 0 saturated carbocycles. The van der Waals surface area contributed by atoms with Gasteiger partial charge in [0.1, 0.15) is 11.3 Å². The van der Waals surface area contributed by atoms with Gasteiger partial charge in [0.15, 0.2) is 0 Å². The van der Waals surface area contributed by atoms with E-state index in [1.165, 1.54) is 0 Å². The first-order chi connectivity index (χ1) is 13.9. The quantitative estimate of drug-likeness (QED) is 0.721. The van der Waals surface area contributed by atoms with Gasteiger partial charge in [-0.25, -0.2) is 4.79 Å². The van der Waals surface area contributed by atoms with E-state index in [0.29, 0.717) is 16.3 Å². The zero-order valence-electron chi connectivity index (χ0n) is 16.1. The van der Waals surface area contributed by atoms with Gasteiger partial charge in [-0.2, -0.15) is 0 Å². The van der Waals surface area contributed by atoms with Gasteiger partial charge in [-0.1, -0.05) is 48.0 Å². The van der Waals surface area contributed by atoms with Crippen LogP contribution in [0.3, 0.4) is 0 Å². The van der Waals surface area contributed by atoms with Crippen LogP contribution in [0.25, 0.3) is 0 Å². The van der Waals surface area contributed by atoms with Gasteiger partial charge in [-0.3, -0.25) is 4.79 Å². The summed E-state index contributed by atoms with van der Waals surface area (Å²) in [5, 5.41) is 3.23. The van der Waals surface area contributed by atoms with Crippen LogP contribution >= 0.6 is 11.6 Å². The Morgan fingerprint density at radius 3 is 2.41 bits per heavy atom. The van der Waals surface area contributed by atoms with E-state index < -0.39 is 17.8 Å². The van der Waals surface area contributed by atoms with Gasteiger partial charge in [0.25, 0.3) is 5.91 Å². The van der Waals surface area contributed by atoms with Crippen LogP contribution in [0.1, 0.15) is 25.3 Å². The van der Waals surface area contributed by atoms with Crippen LogP contribution in [-0.2, 0) is 19.1 Å². The van der Waals surface area contributed by atoms with Crippen LogP contribution < -0.4 is 11.1 Å². The second kappa shape index (κ2) is 8.84.